The molecule has 0 aliphatic heterocycles. The van der Waals surface area contributed by atoms with Gasteiger partial charge in [0.05, 0.1) is 0 Å². The molecule has 0 bridgehead atoms. The lowest BCUT2D eigenvalue weighted by Crippen LogP contribution is -2.50. The molecule has 0 saturated carbocycles. The lowest BCUT2D eigenvalue weighted by Gasteiger charge is -2.40. The fraction of sp³-hybridized carbons (Fsp3) is 0.625. The lowest BCUT2D eigenvalue weighted by molar-refractivity contribution is 0.828. The van der Waals surface area contributed by atoms with Gasteiger partial charge in [-0.05, 0) is 23.0 Å². The Kier molecular flexibility index (Phi) is 6.85. The van der Waals surface area contributed by atoms with Crippen LogP contribution in [0.4, 0.5) is 5.69 Å². The molecule has 0 saturated heterocycles. The summed E-state index contributed by atoms with van der Waals surface area (Å²) in [7, 11) is -3.24. The van der Waals surface area contributed by atoms with Crippen molar-refractivity contribution in [1.29, 1.82) is 0 Å². The third-order valence-electron chi connectivity index (χ3n) is 3.74. The van der Waals surface area contributed by atoms with Crippen LogP contribution in [0.1, 0.15) is 50.7 Å². The average Bonchev–Trinajstić information content (AvgIpc) is 2.33. The van der Waals surface area contributed by atoms with Crippen molar-refractivity contribution in [2.24, 2.45) is 0 Å². The number of rotatable bonds is 6. The fourth-order valence-corrected chi connectivity index (χ4v) is 8.31. The number of hydrogen-bond acceptors (Lipinski definition) is 1. The first kappa shape index (κ1) is 19.1. The highest BCUT2D eigenvalue weighted by molar-refractivity contribution is 7.34. The van der Waals surface area contributed by atoms with E-state index in [1.165, 1.54) is 16.8 Å². The Bertz CT molecular complexity index is 442. The number of halogens is 2. The SMILES string of the molecule is CC(C)c1cccc(C(C)C)c1N(C[SiH](Cl)Cl)[Si](C)(C)C. The number of anilines is 1. The van der Waals surface area contributed by atoms with E-state index in [0.717, 1.165) is 6.17 Å². The third-order valence-corrected chi connectivity index (χ3v) is 7.60. The summed E-state index contributed by atoms with van der Waals surface area (Å²) in [6, 6.07) is 6.71. The van der Waals surface area contributed by atoms with Crippen molar-refractivity contribution < 1.29 is 0 Å². The van der Waals surface area contributed by atoms with Gasteiger partial charge in [0.2, 0.25) is 0 Å². The topological polar surface area (TPSA) is 3.24 Å². The average molecular weight is 362 g/mol. The summed E-state index contributed by atoms with van der Waals surface area (Å²) >= 11 is 12.6. The van der Waals surface area contributed by atoms with Gasteiger partial charge in [0.25, 0.3) is 7.42 Å². The summed E-state index contributed by atoms with van der Waals surface area (Å²) in [5.41, 5.74) is 4.25. The Balaban J connectivity index is 3.53. The summed E-state index contributed by atoms with van der Waals surface area (Å²) in [6.07, 6.45) is 0.836. The van der Waals surface area contributed by atoms with E-state index in [9.17, 15) is 0 Å². The monoisotopic (exact) mass is 361 g/mol. The van der Waals surface area contributed by atoms with E-state index in [0.29, 0.717) is 11.8 Å². The fourth-order valence-electron chi connectivity index (χ4n) is 2.66. The Labute approximate surface area is 142 Å². The summed E-state index contributed by atoms with van der Waals surface area (Å²) in [6.45, 7) is 16.2. The van der Waals surface area contributed by atoms with Crippen molar-refractivity contribution in [2.75, 3.05) is 10.7 Å². The molecule has 0 amide bonds. The van der Waals surface area contributed by atoms with Crippen LogP contribution < -0.4 is 4.57 Å². The highest BCUT2D eigenvalue weighted by atomic mass is 35.7. The standard InChI is InChI=1S/C16H29Cl2NSi2/c1-12(2)14-9-8-10-15(13(3)4)16(14)19(11-20(17)18)21(5,6)7/h8-10,12-13,20H,11H2,1-7H3. The molecule has 0 N–H and O–H groups in total. The normalized spacial score (nSPS) is 12.6. The third kappa shape index (κ3) is 5.02. The molecule has 21 heavy (non-hydrogen) atoms. The molecule has 0 aliphatic rings. The maximum Gasteiger partial charge on any atom is 0.254 e. The molecule has 1 aromatic rings. The molecule has 0 spiro atoms. The first-order valence-electron chi connectivity index (χ1n) is 7.74. The van der Waals surface area contributed by atoms with E-state index in [1.54, 1.807) is 0 Å². The van der Waals surface area contributed by atoms with Crippen LogP contribution in [-0.4, -0.2) is 21.8 Å². The Morgan fingerprint density at radius 1 is 1.00 bits per heavy atom. The van der Waals surface area contributed by atoms with Gasteiger partial charge < -0.3 is 4.57 Å². The van der Waals surface area contributed by atoms with Gasteiger partial charge in [-0.15, -0.1) is 22.2 Å². The van der Waals surface area contributed by atoms with E-state index in [2.05, 4.69) is 70.1 Å². The van der Waals surface area contributed by atoms with Crippen LogP contribution in [0.25, 0.3) is 0 Å². The zero-order valence-electron chi connectivity index (χ0n) is 14.4. The van der Waals surface area contributed by atoms with Gasteiger partial charge in [0, 0.05) is 11.9 Å². The minimum absolute atomic E-state index is 0.503. The van der Waals surface area contributed by atoms with Crippen molar-refractivity contribution in [2.45, 2.75) is 59.2 Å². The van der Waals surface area contributed by atoms with Crippen LogP contribution in [0.2, 0.25) is 19.6 Å². The van der Waals surface area contributed by atoms with Crippen LogP contribution in [0, 0.1) is 0 Å². The summed E-state index contributed by atoms with van der Waals surface area (Å²) in [5, 5.41) is 0. The van der Waals surface area contributed by atoms with Gasteiger partial charge in [-0.2, -0.15) is 0 Å². The maximum absolute atomic E-state index is 6.28. The Morgan fingerprint density at radius 2 is 1.43 bits per heavy atom. The minimum Gasteiger partial charge on any atom is -0.398 e. The van der Waals surface area contributed by atoms with Gasteiger partial charge in [0.1, 0.15) is 8.24 Å². The number of para-hydroxylation sites is 1. The van der Waals surface area contributed by atoms with Gasteiger partial charge in [-0.3, -0.25) is 0 Å². The van der Waals surface area contributed by atoms with Crippen molar-refractivity contribution in [3.63, 3.8) is 0 Å². The minimum atomic E-state index is -1.70. The zero-order valence-corrected chi connectivity index (χ0v) is 18.0. The van der Waals surface area contributed by atoms with Crippen LogP contribution in [0.15, 0.2) is 18.2 Å². The van der Waals surface area contributed by atoms with Gasteiger partial charge in [-0.25, -0.2) is 0 Å². The van der Waals surface area contributed by atoms with Crippen LogP contribution in [0.5, 0.6) is 0 Å². The predicted molar refractivity (Wildman–Crippen MR) is 104 cm³/mol. The molecule has 0 aromatic heterocycles. The smallest absolute Gasteiger partial charge is 0.254 e. The van der Waals surface area contributed by atoms with Crippen LogP contribution in [-0.2, 0) is 0 Å². The summed E-state index contributed by atoms with van der Waals surface area (Å²) < 4.78 is 2.56. The van der Waals surface area contributed by atoms with Crippen LogP contribution in [0.3, 0.4) is 0 Å². The van der Waals surface area contributed by atoms with E-state index < -0.39 is 15.7 Å². The Morgan fingerprint density at radius 3 is 1.71 bits per heavy atom. The molecule has 0 unspecified atom stereocenters. The molecule has 5 heteroatoms. The molecule has 0 heterocycles. The van der Waals surface area contributed by atoms with Crippen molar-refractivity contribution in [3.8, 4) is 0 Å². The molecular formula is C16H29Cl2NSi2. The van der Waals surface area contributed by atoms with Gasteiger partial charge in [0.15, 0.2) is 0 Å². The zero-order chi connectivity index (χ0) is 16.4. The molecule has 0 fully saturated rings. The van der Waals surface area contributed by atoms with E-state index >= 15 is 0 Å². The molecular weight excluding hydrogens is 333 g/mol. The van der Waals surface area contributed by atoms with Crippen molar-refractivity contribution in [3.05, 3.63) is 29.3 Å². The number of hydrogen-bond donors (Lipinski definition) is 0. The molecule has 0 atom stereocenters. The molecule has 1 aromatic carbocycles. The van der Waals surface area contributed by atoms with Crippen LogP contribution >= 0.6 is 22.2 Å². The van der Waals surface area contributed by atoms with Crippen molar-refractivity contribution in [1.82, 2.24) is 0 Å². The van der Waals surface area contributed by atoms with Gasteiger partial charge >= 0.3 is 0 Å². The maximum atomic E-state index is 6.28. The highest BCUT2D eigenvalue weighted by Crippen LogP contribution is 2.37. The summed E-state index contributed by atoms with van der Waals surface area (Å²) in [5.74, 6) is 1.01. The molecule has 1 nitrogen and oxygen atoms in total. The van der Waals surface area contributed by atoms with E-state index in [4.69, 9.17) is 22.2 Å². The first-order chi connectivity index (χ1) is 9.55. The quantitative estimate of drug-likeness (QED) is 0.456. The van der Waals surface area contributed by atoms with E-state index in [-0.39, 0.29) is 0 Å². The molecule has 1 rings (SSSR count). The molecule has 0 radical (unpaired) electrons. The second-order valence-corrected chi connectivity index (χ2v) is 17.1. The lowest BCUT2D eigenvalue weighted by atomic mass is 9.93. The number of nitrogens with zero attached hydrogens (tertiary/aromatic N) is 1. The molecule has 120 valence electrons. The Hall–Kier alpha value is 0.0338. The second kappa shape index (κ2) is 7.54. The molecule has 0 aliphatic carbocycles. The predicted octanol–water partition coefficient (Wildman–Crippen LogP) is 5.81. The summed E-state index contributed by atoms with van der Waals surface area (Å²) in [4.78, 5) is 0. The van der Waals surface area contributed by atoms with Gasteiger partial charge in [-0.1, -0.05) is 65.5 Å². The largest absolute Gasteiger partial charge is 0.398 e. The van der Waals surface area contributed by atoms with E-state index in [1.807, 2.05) is 0 Å². The highest BCUT2D eigenvalue weighted by Gasteiger charge is 2.30. The first-order valence-corrected chi connectivity index (χ1v) is 15.5. The number of benzene rings is 1. The second-order valence-electron chi connectivity index (χ2n) is 7.27. The van der Waals surface area contributed by atoms with Crippen molar-refractivity contribution >= 4 is 43.5 Å².